The number of fused-ring (bicyclic) bond motifs is 1. The van der Waals surface area contributed by atoms with Gasteiger partial charge in [0.25, 0.3) is 0 Å². The van der Waals surface area contributed by atoms with Gasteiger partial charge < -0.3 is 54.7 Å². The molecule has 12 nitrogen and oxygen atoms in total. The van der Waals surface area contributed by atoms with Gasteiger partial charge in [-0.1, -0.05) is 0 Å². The SMILES string of the molecule is COC(=O)C1=CO[C@H](O[C@@H]2O[C@H](CO)[C@@H](O)[C@H](O)[C@H]2O)[C@H]2[C@](C)(O)[C@H](O)C[C@@]12O. The standard InChI is InChI=1S/C17H26O12/c1-16(24)8(19)3-17(25)6(13(23)26-2)5-27-15(12(16)17)29-14-11(22)10(21)9(20)7(4-18)28-14/h5,7-12,14-15,18-22,24-25H,3-4H2,1-2H3/t7-,8-,9-,10+,11-,12+,14+,15-,16-,17-/m1/s1. The topological polar surface area (TPSA) is 196 Å². The van der Waals surface area contributed by atoms with Crippen molar-refractivity contribution in [1.29, 1.82) is 0 Å². The zero-order valence-corrected chi connectivity index (χ0v) is 15.8. The molecule has 0 aromatic rings. The Bertz CT molecular complexity index is 663. The average molecular weight is 422 g/mol. The van der Waals surface area contributed by atoms with Crippen LogP contribution in [0, 0.1) is 5.92 Å². The van der Waals surface area contributed by atoms with Crippen LogP contribution >= 0.6 is 0 Å². The Kier molecular flexibility index (Phi) is 5.95. The third kappa shape index (κ3) is 3.44. The van der Waals surface area contributed by atoms with E-state index in [1.807, 2.05) is 0 Å². The Morgan fingerprint density at radius 3 is 2.41 bits per heavy atom. The molecule has 0 aromatic carbocycles. The molecule has 166 valence electrons. The highest BCUT2D eigenvalue weighted by Crippen LogP contribution is 2.52. The van der Waals surface area contributed by atoms with Crippen LogP contribution < -0.4 is 0 Å². The zero-order valence-electron chi connectivity index (χ0n) is 15.8. The van der Waals surface area contributed by atoms with Gasteiger partial charge in [-0.05, 0) is 6.92 Å². The molecule has 0 aromatic heterocycles. The first kappa shape index (κ1) is 22.3. The van der Waals surface area contributed by atoms with Crippen LogP contribution in [0.5, 0.6) is 0 Å². The molecule has 0 radical (unpaired) electrons. The van der Waals surface area contributed by atoms with E-state index < -0.39 is 79.2 Å². The number of carbonyl (C=O) groups excluding carboxylic acids is 1. The Balaban J connectivity index is 1.92. The largest absolute Gasteiger partial charge is 0.471 e. The fraction of sp³-hybridized carbons (Fsp3) is 0.824. The van der Waals surface area contributed by atoms with E-state index in [1.165, 1.54) is 6.92 Å². The first-order valence-electron chi connectivity index (χ1n) is 9.02. The summed E-state index contributed by atoms with van der Waals surface area (Å²) >= 11 is 0. The molecule has 2 fully saturated rings. The van der Waals surface area contributed by atoms with Gasteiger partial charge in [-0.3, -0.25) is 0 Å². The van der Waals surface area contributed by atoms with Gasteiger partial charge in [-0.2, -0.15) is 0 Å². The van der Waals surface area contributed by atoms with Crippen molar-refractivity contribution < 1.29 is 59.5 Å². The van der Waals surface area contributed by atoms with Crippen LogP contribution in [-0.4, -0.2) is 110 Å². The molecule has 3 rings (SSSR count). The molecule has 0 spiro atoms. The molecule has 1 saturated carbocycles. The van der Waals surface area contributed by atoms with Crippen molar-refractivity contribution in [1.82, 2.24) is 0 Å². The third-order valence-electron chi connectivity index (χ3n) is 5.90. The van der Waals surface area contributed by atoms with Crippen LogP contribution in [0.1, 0.15) is 13.3 Å². The van der Waals surface area contributed by atoms with E-state index in [-0.39, 0.29) is 5.57 Å². The van der Waals surface area contributed by atoms with E-state index in [0.717, 1.165) is 13.4 Å². The molecule has 0 bridgehead atoms. The molecular formula is C17H26O12. The Labute approximate surface area is 165 Å². The number of ether oxygens (including phenoxy) is 4. The summed E-state index contributed by atoms with van der Waals surface area (Å²) in [4.78, 5) is 12.1. The van der Waals surface area contributed by atoms with Crippen molar-refractivity contribution in [2.45, 2.75) is 67.6 Å². The van der Waals surface area contributed by atoms with E-state index in [0.29, 0.717) is 0 Å². The highest BCUT2D eigenvalue weighted by Gasteiger charge is 2.67. The second kappa shape index (κ2) is 7.72. The molecule has 0 unspecified atom stereocenters. The van der Waals surface area contributed by atoms with Crippen molar-refractivity contribution in [2.24, 2.45) is 5.92 Å². The second-order valence-corrected chi connectivity index (χ2v) is 7.71. The fourth-order valence-electron chi connectivity index (χ4n) is 4.17. The van der Waals surface area contributed by atoms with Gasteiger partial charge in [0.05, 0.1) is 37.6 Å². The summed E-state index contributed by atoms with van der Waals surface area (Å²) in [5, 5.41) is 71.4. The maximum atomic E-state index is 12.1. The van der Waals surface area contributed by atoms with Crippen LogP contribution in [-0.2, 0) is 23.7 Å². The molecular weight excluding hydrogens is 396 g/mol. The lowest BCUT2D eigenvalue weighted by Gasteiger charge is -2.46. The number of methoxy groups -OCH3 is 1. The number of rotatable bonds is 4. The van der Waals surface area contributed by atoms with Gasteiger partial charge in [-0.15, -0.1) is 0 Å². The predicted octanol–water partition coefficient (Wildman–Crippen LogP) is -3.92. The van der Waals surface area contributed by atoms with Gasteiger partial charge in [0.15, 0.2) is 6.29 Å². The minimum Gasteiger partial charge on any atom is -0.471 e. The predicted molar refractivity (Wildman–Crippen MR) is 89.5 cm³/mol. The van der Waals surface area contributed by atoms with E-state index in [1.54, 1.807) is 0 Å². The Hall–Kier alpha value is -1.35. The Morgan fingerprint density at radius 2 is 1.83 bits per heavy atom. The van der Waals surface area contributed by atoms with Crippen molar-refractivity contribution in [3.05, 3.63) is 11.8 Å². The van der Waals surface area contributed by atoms with Gasteiger partial charge >= 0.3 is 5.97 Å². The van der Waals surface area contributed by atoms with E-state index in [2.05, 4.69) is 4.74 Å². The molecule has 0 amide bonds. The van der Waals surface area contributed by atoms with Gasteiger partial charge in [0.1, 0.15) is 35.6 Å². The minimum absolute atomic E-state index is 0.338. The van der Waals surface area contributed by atoms with Crippen molar-refractivity contribution >= 4 is 5.97 Å². The third-order valence-corrected chi connectivity index (χ3v) is 5.90. The van der Waals surface area contributed by atoms with Gasteiger partial charge in [-0.25, -0.2) is 4.79 Å². The number of aliphatic hydroxyl groups is 7. The molecule has 2 aliphatic heterocycles. The number of aliphatic hydroxyl groups excluding tert-OH is 5. The summed E-state index contributed by atoms with van der Waals surface area (Å²) in [5.74, 6) is -2.36. The highest BCUT2D eigenvalue weighted by molar-refractivity contribution is 5.91. The second-order valence-electron chi connectivity index (χ2n) is 7.71. The number of hydrogen-bond donors (Lipinski definition) is 7. The zero-order chi connectivity index (χ0) is 21.7. The van der Waals surface area contributed by atoms with Crippen molar-refractivity contribution in [3.63, 3.8) is 0 Å². The smallest absolute Gasteiger partial charge is 0.339 e. The summed E-state index contributed by atoms with van der Waals surface area (Å²) in [6.45, 7) is 0.528. The highest BCUT2D eigenvalue weighted by atomic mass is 16.8. The lowest BCUT2D eigenvalue weighted by Crippen LogP contribution is -2.62. The molecule has 2 heterocycles. The number of esters is 1. The molecule has 10 atom stereocenters. The monoisotopic (exact) mass is 422 g/mol. The number of hydrogen-bond acceptors (Lipinski definition) is 12. The first-order chi connectivity index (χ1) is 13.5. The lowest BCUT2D eigenvalue weighted by molar-refractivity contribution is -0.352. The van der Waals surface area contributed by atoms with E-state index in [9.17, 15) is 40.5 Å². The molecule has 3 aliphatic rings. The van der Waals surface area contributed by atoms with Crippen LogP contribution in [0.3, 0.4) is 0 Å². The summed E-state index contributed by atoms with van der Waals surface area (Å²) in [7, 11) is 1.08. The summed E-state index contributed by atoms with van der Waals surface area (Å²) < 4.78 is 20.7. The average Bonchev–Trinajstić information content (AvgIpc) is 2.86. The molecule has 12 heteroatoms. The van der Waals surface area contributed by atoms with E-state index in [4.69, 9.17) is 14.2 Å². The van der Waals surface area contributed by atoms with Gasteiger partial charge in [0, 0.05) is 6.42 Å². The molecule has 1 aliphatic carbocycles. The maximum absolute atomic E-state index is 12.1. The first-order valence-corrected chi connectivity index (χ1v) is 9.02. The maximum Gasteiger partial charge on any atom is 0.339 e. The summed E-state index contributed by atoms with van der Waals surface area (Å²) in [6.07, 6.45) is -10.5. The van der Waals surface area contributed by atoms with E-state index >= 15 is 0 Å². The molecule has 29 heavy (non-hydrogen) atoms. The fourth-order valence-corrected chi connectivity index (χ4v) is 4.17. The normalized spacial score (nSPS) is 49.8. The van der Waals surface area contributed by atoms with Crippen molar-refractivity contribution in [3.8, 4) is 0 Å². The quantitative estimate of drug-likeness (QED) is 0.218. The minimum atomic E-state index is -2.09. The Morgan fingerprint density at radius 1 is 1.17 bits per heavy atom. The van der Waals surface area contributed by atoms with Crippen LogP contribution in [0.4, 0.5) is 0 Å². The van der Waals surface area contributed by atoms with Crippen LogP contribution in [0.15, 0.2) is 11.8 Å². The number of carbonyl (C=O) groups is 1. The lowest BCUT2D eigenvalue weighted by atomic mass is 9.77. The summed E-state index contributed by atoms with van der Waals surface area (Å²) in [5.41, 5.74) is -4.41. The molecule has 1 saturated heterocycles. The summed E-state index contributed by atoms with van der Waals surface area (Å²) in [6, 6.07) is 0. The molecule has 7 N–H and O–H groups in total. The van der Waals surface area contributed by atoms with Gasteiger partial charge in [0.2, 0.25) is 6.29 Å². The van der Waals surface area contributed by atoms with Crippen molar-refractivity contribution in [2.75, 3.05) is 13.7 Å². The van der Waals surface area contributed by atoms with Crippen LogP contribution in [0.25, 0.3) is 0 Å². The van der Waals surface area contributed by atoms with Crippen LogP contribution in [0.2, 0.25) is 0 Å².